The lowest BCUT2D eigenvalue weighted by atomic mass is 9.96. The van der Waals surface area contributed by atoms with Gasteiger partial charge in [-0.25, -0.2) is 8.42 Å². The smallest absolute Gasteiger partial charge is 0.178 e. The van der Waals surface area contributed by atoms with E-state index in [1.54, 1.807) is 19.1 Å². The Kier molecular flexibility index (Phi) is 5.15. The molecular formula is C13H21NO2S. The van der Waals surface area contributed by atoms with Gasteiger partial charge in [0.2, 0.25) is 0 Å². The van der Waals surface area contributed by atoms with Crippen molar-refractivity contribution < 1.29 is 8.42 Å². The molecule has 17 heavy (non-hydrogen) atoms. The highest BCUT2D eigenvalue weighted by atomic mass is 32.2. The fourth-order valence-corrected chi connectivity index (χ4v) is 2.71. The molecule has 0 aromatic heterocycles. The summed E-state index contributed by atoms with van der Waals surface area (Å²) in [5, 5.41) is 0. The van der Waals surface area contributed by atoms with Crippen molar-refractivity contribution in [2.75, 3.05) is 12.3 Å². The van der Waals surface area contributed by atoms with E-state index in [1.807, 2.05) is 12.1 Å². The van der Waals surface area contributed by atoms with Gasteiger partial charge in [-0.2, -0.15) is 0 Å². The van der Waals surface area contributed by atoms with E-state index in [-0.39, 0.29) is 5.75 Å². The van der Waals surface area contributed by atoms with E-state index in [0.717, 1.165) is 18.4 Å². The SMILES string of the molecule is CCS(=O)(=O)c1cccc(C(C)CCCN)c1. The zero-order chi connectivity index (χ0) is 12.9. The summed E-state index contributed by atoms with van der Waals surface area (Å²) in [5.41, 5.74) is 6.56. The number of rotatable bonds is 6. The normalized spacial score (nSPS) is 13.6. The van der Waals surface area contributed by atoms with Crippen LogP contribution < -0.4 is 5.73 Å². The lowest BCUT2D eigenvalue weighted by molar-refractivity contribution is 0.596. The van der Waals surface area contributed by atoms with Crippen molar-refractivity contribution in [1.29, 1.82) is 0 Å². The maximum Gasteiger partial charge on any atom is 0.178 e. The Morgan fingerprint density at radius 3 is 2.65 bits per heavy atom. The Morgan fingerprint density at radius 2 is 2.06 bits per heavy atom. The van der Waals surface area contributed by atoms with Gasteiger partial charge in [0.1, 0.15) is 0 Å². The van der Waals surface area contributed by atoms with E-state index in [1.165, 1.54) is 0 Å². The first kappa shape index (κ1) is 14.2. The first-order valence-electron chi connectivity index (χ1n) is 6.04. The van der Waals surface area contributed by atoms with Crippen molar-refractivity contribution in [3.63, 3.8) is 0 Å². The van der Waals surface area contributed by atoms with E-state index in [9.17, 15) is 8.42 Å². The third-order valence-corrected chi connectivity index (χ3v) is 4.74. The molecule has 0 aliphatic heterocycles. The van der Waals surface area contributed by atoms with Crippen LogP contribution in [0.25, 0.3) is 0 Å². The molecule has 1 atom stereocenters. The van der Waals surface area contributed by atoms with E-state index in [2.05, 4.69) is 6.92 Å². The molecule has 0 saturated carbocycles. The van der Waals surface area contributed by atoms with Gasteiger partial charge >= 0.3 is 0 Å². The third kappa shape index (κ3) is 3.82. The zero-order valence-corrected chi connectivity index (χ0v) is 11.3. The van der Waals surface area contributed by atoms with Crippen LogP contribution in [-0.2, 0) is 9.84 Å². The van der Waals surface area contributed by atoms with Crippen LogP contribution in [0.3, 0.4) is 0 Å². The highest BCUT2D eigenvalue weighted by molar-refractivity contribution is 7.91. The number of hydrogen-bond donors (Lipinski definition) is 1. The molecule has 0 saturated heterocycles. The van der Waals surface area contributed by atoms with Crippen LogP contribution in [0.2, 0.25) is 0 Å². The van der Waals surface area contributed by atoms with Crippen LogP contribution in [0.15, 0.2) is 29.2 Å². The molecule has 0 radical (unpaired) electrons. The average Bonchev–Trinajstić information content (AvgIpc) is 2.36. The Morgan fingerprint density at radius 1 is 1.35 bits per heavy atom. The van der Waals surface area contributed by atoms with Crippen LogP contribution in [0.1, 0.15) is 38.2 Å². The largest absolute Gasteiger partial charge is 0.330 e. The molecule has 1 aromatic carbocycles. The van der Waals surface area contributed by atoms with Gasteiger partial charge in [-0.05, 0) is 43.0 Å². The average molecular weight is 255 g/mol. The molecular weight excluding hydrogens is 234 g/mol. The second-order valence-corrected chi connectivity index (χ2v) is 6.59. The second kappa shape index (κ2) is 6.17. The molecule has 96 valence electrons. The van der Waals surface area contributed by atoms with Gasteiger partial charge in [0, 0.05) is 0 Å². The molecule has 0 fully saturated rings. The summed E-state index contributed by atoms with van der Waals surface area (Å²) < 4.78 is 23.5. The van der Waals surface area contributed by atoms with Crippen LogP contribution in [0, 0.1) is 0 Å². The summed E-state index contributed by atoms with van der Waals surface area (Å²) in [5.74, 6) is 0.499. The maximum atomic E-state index is 11.8. The van der Waals surface area contributed by atoms with E-state index >= 15 is 0 Å². The first-order valence-corrected chi connectivity index (χ1v) is 7.69. The van der Waals surface area contributed by atoms with Gasteiger partial charge in [0.05, 0.1) is 10.6 Å². The van der Waals surface area contributed by atoms with Gasteiger partial charge in [0.25, 0.3) is 0 Å². The quantitative estimate of drug-likeness (QED) is 0.848. The molecule has 3 nitrogen and oxygen atoms in total. The number of nitrogens with two attached hydrogens (primary N) is 1. The molecule has 0 aliphatic carbocycles. The van der Waals surface area contributed by atoms with Crippen molar-refractivity contribution in [3.05, 3.63) is 29.8 Å². The van der Waals surface area contributed by atoms with Gasteiger partial charge < -0.3 is 5.73 Å². The minimum absolute atomic E-state index is 0.146. The van der Waals surface area contributed by atoms with Crippen LogP contribution >= 0.6 is 0 Å². The molecule has 0 aliphatic rings. The van der Waals surface area contributed by atoms with Crippen molar-refractivity contribution >= 4 is 9.84 Å². The van der Waals surface area contributed by atoms with Crippen molar-refractivity contribution in [2.24, 2.45) is 5.73 Å². The first-order chi connectivity index (χ1) is 8.01. The predicted octanol–water partition coefficient (Wildman–Crippen LogP) is 2.32. The summed E-state index contributed by atoms with van der Waals surface area (Å²) in [6, 6.07) is 7.25. The Hall–Kier alpha value is -0.870. The lowest BCUT2D eigenvalue weighted by Gasteiger charge is -2.12. The fourth-order valence-electron chi connectivity index (χ4n) is 1.77. The summed E-state index contributed by atoms with van der Waals surface area (Å²) >= 11 is 0. The van der Waals surface area contributed by atoms with Gasteiger partial charge in [-0.15, -0.1) is 0 Å². The van der Waals surface area contributed by atoms with Crippen molar-refractivity contribution in [3.8, 4) is 0 Å². The van der Waals surface area contributed by atoms with Crippen LogP contribution in [0.4, 0.5) is 0 Å². The third-order valence-electron chi connectivity index (χ3n) is 3.01. The maximum absolute atomic E-state index is 11.8. The minimum Gasteiger partial charge on any atom is -0.330 e. The number of benzene rings is 1. The molecule has 0 heterocycles. The molecule has 1 rings (SSSR count). The number of sulfone groups is 1. The lowest BCUT2D eigenvalue weighted by Crippen LogP contribution is -2.06. The van der Waals surface area contributed by atoms with E-state index in [4.69, 9.17) is 5.73 Å². The highest BCUT2D eigenvalue weighted by Crippen LogP contribution is 2.23. The second-order valence-electron chi connectivity index (χ2n) is 4.31. The molecule has 2 N–H and O–H groups in total. The van der Waals surface area contributed by atoms with E-state index < -0.39 is 9.84 Å². The Balaban J connectivity index is 2.93. The standard InChI is InChI=1S/C13H21NO2S/c1-3-17(15,16)13-8-4-7-12(10-13)11(2)6-5-9-14/h4,7-8,10-11H,3,5-6,9,14H2,1-2H3. The molecule has 0 spiro atoms. The zero-order valence-electron chi connectivity index (χ0n) is 10.5. The highest BCUT2D eigenvalue weighted by Gasteiger charge is 2.13. The Bertz CT molecular complexity index is 454. The number of hydrogen-bond acceptors (Lipinski definition) is 3. The fraction of sp³-hybridized carbons (Fsp3) is 0.538. The molecule has 1 aromatic rings. The topological polar surface area (TPSA) is 60.2 Å². The molecule has 0 amide bonds. The van der Waals surface area contributed by atoms with Crippen molar-refractivity contribution in [1.82, 2.24) is 0 Å². The summed E-state index contributed by atoms with van der Waals surface area (Å²) in [4.78, 5) is 0.428. The van der Waals surface area contributed by atoms with Crippen molar-refractivity contribution in [2.45, 2.75) is 37.5 Å². The summed E-state index contributed by atoms with van der Waals surface area (Å²) in [6.45, 7) is 4.45. The summed E-state index contributed by atoms with van der Waals surface area (Å²) in [7, 11) is -3.10. The molecule has 4 heteroatoms. The van der Waals surface area contributed by atoms with Crippen LogP contribution in [0.5, 0.6) is 0 Å². The van der Waals surface area contributed by atoms with Gasteiger partial charge in [-0.1, -0.05) is 26.0 Å². The predicted molar refractivity (Wildman–Crippen MR) is 70.9 cm³/mol. The van der Waals surface area contributed by atoms with Gasteiger partial charge in [-0.3, -0.25) is 0 Å². The van der Waals surface area contributed by atoms with Gasteiger partial charge in [0.15, 0.2) is 9.84 Å². The monoisotopic (exact) mass is 255 g/mol. The van der Waals surface area contributed by atoms with Crippen LogP contribution in [-0.4, -0.2) is 20.7 Å². The Labute approximate surface area is 104 Å². The minimum atomic E-state index is -3.10. The molecule has 1 unspecified atom stereocenters. The molecule has 0 bridgehead atoms. The summed E-state index contributed by atoms with van der Waals surface area (Å²) in [6.07, 6.45) is 1.96. The van der Waals surface area contributed by atoms with E-state index in [0.29, 0.717) is 17.4 Å².